The van der Waals surface area contributed by atoms with Gasteiger partial charge in [-0.1, -0.05) is 6.07 Å². The first-order valence-electron chi connectivity index (χ1n) is 9.89. The first kappa shape index (κ1) is 22.8. The van der Waals surface area contributed by atoms with Gasteiger partial charge in [-0.05, 0) is 45.4 Å². The third kappa shape index (κ3) is 4.41. The summed E-state index contributed by atoms with van der Waals surface area (Å²) in [6, 6.07) is 5.63. The quantitative estimate of drug-likeness (QED) is 0.420. The zero-order chi connectivity index (χ0) is 23.6. The Bertz CT molecular complexity index is 1180. The molecule has 0 atom stereocenters. The maximum atomic E-state index is 12.6. The van der Waals surface area contributed by atoms with Gasteiger partial charge in [0.25, 0.3) is 0 Å². The highest BCUT2D eigenvalue weighted by Gasteiger charge is 2.23. The van der Waals surface area contributed by atoms with Crippen molar-refractivity contribution in [3.63, 3.8) is 0 Å². The van der Waals surface area contributed by atoms with E-state index in [1.54, 1.807) is 32.7 Å². The summed E-state index contributed by atoms with van der Waals surface area (Å²) in [4.78, 5) is 23.3. The van der Waals surface area contributed by atoms with Gasteiger partial charge in [-0.2, -0.15) is 10.2 Å². The molecule has 3 rings (SSSR count). The van der Waals surface area contributed by atoms with E-state index in [2.05, 4.69) is 15.5 Å². The van der Waals surface area contributed by atoms with Crippen LogP contribution in [0.1, 0.15) is 28.3 Å². The van der Waals surface area contributed by atoms with Crippen LogP contribution < -0.4 is 14.8 Å². The zero-order valence-electron chi connectivity index (χ0n) is 18.9. The van der Waals surface area contributed by atoms with E-state index >= 15 is 0 Å². The Hall–Kier alpha value is -3.89. The second kappa shape index (κ2) is 9.08. The second-order valence-corrected chi connectivity index (χ2v) is 7.38. The Morgan fingerprint density at radius 1 is 1.03 bits per heavy atom. The molecule has 32 heavy (non-hydrogen) atoms. The lowest BCUT2D eigenvalue weighted by Gasteiger charge is -2.11. The molecule has 1 aromatic carbocycles. The van der Waals surface area contributed by atoms with Crippen molar-refractivity contribution in [1.29, 1.82) is 0 Å². The summed E-state index contributed by atoms with van der Waals surface area (Å²) in [6.07, 6.45) is 0. The number of hydrogen-bond acceptors (Lipinski definition) is 7. The highest BCUT2D eigenvalue weighted by atomic mass is 16.6. The number of anilines is 1. The minimum absolute atomic E-state index is 0.0760. The van der Waals surface area contributed by atoms with E-state index in [4.69, 9.17) is 9.47 Å². The van der Waals surface area contributed by atoms with E-state index in [0.29, 0.717) is 35.1 Å². The number of nitrogens with one attached hydrogen (secondary N) is 1. The summed E-state index contributed by atoms with van der Waals surface area (Å²) in [5.74, 6) is 0.920. The first-order chi connectivity index (χ1) is 15.2. The lowest BCUT2D eigenvalue weighted by molar-refractivity contribution is -0.386. The van der Waals surface area contributed by atoms with Crippen LogP contribution in [0.5, 0.6) is 11.5 Å². The molecule has 0 saturated heterocycles. The molecule has 0 fully saturated rings. The maximum absolute atomic E-state index is 12.6. The van der Waals surface area contributed by atoms with E-state index < -0.39 is 4.92 Å². The monoisotopic (exact) mass is 442 g/mol. The number of nitrogens with zero attached hydrogens (tertiary/aromatic N) is 5. The van der Waals surface area contributed by atoms with Gasteiger partial charge in [0.1, 0.15) is 17.9 Å². The van der Waals surface area contributed by atoms with E-state index in [-0.39, 0.29) is 23.8 Å². The molecular formula is C21H26N6O5. The van der Waals surface area contributed by atoms with Crippen molar-refractivity contribution in [2.45, 2.75) is 40.8 Å². The predicted molar refractivity (Wildman–Crippen MR) is 117 cm³/mol. The van der Waals surface area contributed by atoms with Gasteiger partial charge in [-0.15, -0.1) is 0 Å². The van der Waals surface area contributed by atoms with Crippen molar-refractivity contribution in [3.05, 3.63) is 56.7 Å². The van der Waals surface area contributed by atoms with E-state index in [1.165, 1.54) is 4.68 Å². The fourth-order valence-corrected chi connectivity index (χ4v) is 3.60. The fourth-order valence-electron chi connectivity index (χ4n) is 3.60. The average Bonchev–Trinajstić information content (AvgIpc) is 3.16. The predicted octanol–water partition coefficient (Wildman–Crippen LogP) is 2.93. The molecule has 0 bridgehead atoms. The number of rotatable bonds is 8. The van der Waals surface area contributed by atoms with Crippen molar-refractivity contribution in [1.82, 2.24) is 19.6 Å². The molecule has 0 saturated carbocycles. The van der Waals surface area contributed by atoms with Crippen LogP contribution >= 0.6 is 0 Å². The Morgan fingerprint density at radius 3 is 2.28 bits per heavy atom. The van der Waals surface area contributed by atoms with Crippen LogP contribution in [0.25, 0.3) is 0 Å². The third-order valence-corrected chi connectivity index (χ3v) is 5.25. The number of aryl methyl sites for hydroxylation is 2. The van der Waals surface area contributed by atoms with Crippen LogP contribution in [0.2, 0.25) is 0 Å². The molecule has 11 heteroatoms. The van der Waals surface area contributed by atoms with Crippen LogP contribution in [-0.4, -0.2) is 44.6 Å². The number of amides is 1. The second-order valence-electron chi connectivity index (χ2n) is 7.38. The van der Waals surface area contributed by atoms with Gasteiger partial charge in [0.15, 0.2) is 11.5 Å². The Balaban J connectivity index is 1.77. The maximum Gasteiger partial charge on any atom is 0.312 e. The van der Waals surface area contributed by atoms with Crippen molar-refractivity contribution >= 4 is 17.3 Å². The van der Waals surface area contributed by atoms with Crippen LogP contribution in [0.4, 0.5) is 11.4 Å². The molecule has 2 aromatic heterocycles. The molecule has 1 amide bonds. The van der Waals surface area contributed by atoms with E-state index in [1.807, 2.05) is 32.0 Å². The zero-order valence-corrected chi connectivity index (χ0v) is 18.9. The van der Waals surface area contributed by atoms with Crippen molar-refractivity contribution in [2.75, 3.05) is 19.5 Å². The summed E-state index contributed by atoms with van der Waals surface area (Å²) in [5.41, 5.74) is 3.54. The van der Waals surface area contributed by atoms with Gasteiger partial charge >= 0.3 is 5.69 Å². The number of carbonyl (C=O) groups excluding carboxylic acids is 1. The molecule has 0 aliphatic rings. The molecular weight excluding hydrogens is 416 g/mol. The number of benzene rings is 1. The van der Waals surface area contributed by atoms with Gasteiger partial charge in [0, 0.05) is 0 Å². The molecule has 170 valence electrons. The lowest BCUT2D eigenvalue weighted by atomic mass is 10.2. The highest BCUT2D eigenvalue weighted by Crippen LogP contribution is 2.29. The lowest BCUT2D eigenvalue weighted by Crippen LogP contribution is -2.21. The molecule has 0 unspecified atom stereocenters. The van der Waals surface area contributed by atoms with Crippen molar-refractivity contribution in [3.8, 4) is 11.5 Å². The molecule has 11 nitrogen and oxygen atoms in total. The smallest absolute Gasteiger partial charge is 0.312 e. The van der Waals surface area contributed by atoms with E-state index in [0.717, 1.165) is 11.3 Å². The van der Waals surface area contributed by atoms with Crippen LogP contribution in [-0.2, 0) is 17.9 Å². The number of aromatic nitrogens is 4. The minimum atomic E-state index is -0.488. The molecule has 0 aliphatic carbocycles. The molecule has 0 aliphatic heterocycles. The summed E-state index contributed by atoms with van der Waals surface area (Å²) in [6.45, 7) is 7.13. The number of hydrogen-bond donors (Lipinski definition) is 1. The van der Waals surface area contributed by atoms with Crippen molar-refractivity contribution in [2.24, 2.45) is 0 Å². The normalized spacial score (nSPS) is 10.8. The Morgan fingerprint density at radius 2 is 1.69 bits per heavy atom. The van der Waals surface area contributed by atoms with Gasteiger partial charge < -0.3 is 14.8 Å². The average molecular weight is 442 g/mol. The largest absolute Gasteiger partial charge is 0.493 e. The molecule has 3 aromatic rings. The van der Waals surface area contributed by atoms with Gasteiger partial charge in [-0.25, -0.2) is 0 Å². The first-order valence-corrected chi connectivity index (χ1v) is 9.89. The van der Waals surface area contributed by atoms with Gasteiger partial charge in [-0.3, -0.25) is 24.3 Å². The summed E-state index contributed by atoms with van der Waals surface area (Å²) < 4.78 is 13.8. The SMILES string of the molecule is COc1ccc(Cn2nc(C)c(NC(=O)Cn3nc(C)c([N+](=O)[O-])c3C)c2C)cc1OC. The molecule has 0 radical (unpaired) electrons. The van der Waals surface area contributed by atoms with Crippen LogP contribution in [0, 0.1) is 37.8 Å². The van der Waals surface area contributed by atoms with E-state index in [9.17, 15) is 14.9 Å². The Labute approximate surface area is 185 Å². The van der Waals surface area contributed by atoms with Gasteiger partial charge in [0.05, 0.1) is 42.8 Å². The number of ether oxygens (including phenoxy) is 2. The summed E-state index contributed by atoms with van der Waals surface area (Å²) >= 11 is 0. The number of nitro groups is 1. The summed E-state index contributed by atoms with van der Waals surface area (Å²) in [5, 5.41) is 22.7. The molecule has 0 spiro atoms. The highest BCUT2D eigenvalue weighted by molar-refractivity contribution is 5.91. The topological polar surface area (TPSA) is 126 Å². The summed E-state index contributed by atoms with van der Waals surface area (Å²) in [7, 11) is 3.16. The molecule has 2 heterocycles. The van der Waals surface area contributed by atoms with Crippen LogP contribution in [0.3, 0.4) is 0 Å². The van der Waals surface area contributed by atoms with Gasteiger partial charge in [0.2, 0.25) is 5.91 Å². The standard InChI is InChI=1S/C21H26N6O5/c1-12-20(22-19(28)11-26-15(4)21(27(29)30)13(2)24-26)14(3)25(23-12)10-16-7-8-17(31-5)18(9-16)32-6/h7-9H,10-11H2,1-6H3,(H,22,28). The number of methoxy groups -OCH3 is 2. The number of carbonyl (C=O) groups is 1. The Kier molecular flexibility index (Phi) is 6.47. The van der Waals surface area contributed by atoms with Crippen molar-refractivity contribution < 1.29 is 19.2 Å². The molecule has 1 N–H and O–H groups in total. The third-order valence-electron chi connectivity index (χ3n) is 5.25. The minimum Gasteiger partial charge on any atom is -0.493 e. The fraction of sp³-hybridized carbons (Fsp3) is 0.381. The van der Waals surface area contributed by atoms with Crippen LogP contribution in [0.15, 0.2) is 18.2 Å².